The number of carbonyl (C=O) groups is 2. The highest BCUT2D eigenvalue weighted by molar-refractivity contribution is 5.99. The van der Waals surface area contributed by atoms with Gasteiger partial charge in [0, 0.05) is 12.0 Å². The van der Waals surface area contributed by atoms with Crippen molar-refractivity contribution in [2.45, 2.75) is 59.7 Å². The molecular formula is C19H26O5. The minimum atomic E-state index is -0.831. The zero-order valence-electron chi connectivity index (χ0n) is 15.0. The standard InChI is InChI=1S/C19H26O5/c1-9(2)18(22)24-14-6-13(20)15-16(21)17-12(10(3)8-23-17)7-19(15,5)11(14)4/h8-9,11,13-15,20H,6-7H2,1-5H3/t11-,13-,14+,15-,19+/m0/s1. The summed E-state index contributed by atoms with van der Waals surface area (Å²) < 4.78 is 11.1. The number of furan rings is 1. The second kappa shape index (κ2) is 5.73. The van der Waals surface area contributed by atoms with E-state index < -0.39 is 17.4 Å². The van der Waals surface area contributed by atoms with Crippen LogP contribution in [-0.4, -0.2) is 29.1 Å². The van der Waals surface area contributed by atoms with Crippen LogP contribution in [0.15, 0.2) is 10.7 Å². The van der Waals surface area contributed by atoms with Gasteiger partial charge in [-0.3, -0.25) is 9.59 Å². The van der Waals surface area contributed by atoms with Crippen LogP contribution in [0.25, 0.3) is 0 Å². The second-order valence-corrected chi connectivity index (χ2v) is 7.97. The van der Waals surface area contributed by atoms with Crippen LogP contribution < -0.4 is 0 Å². The fourth-order valence-corrected chi connectivity index (χ4v) is 4.32. The molecule has 0 bridgehead atoms. The Morgan fingerprint density at radius 3 is 2.75 bits per heavy atom. The van der Waals surface area contributed by atoms with E-state index in [2.05, 4.69) is 0 Å². The summed E-state index contributed by atoms with van der Waals surface area (Å²) in [6.07, 6.45) is 1.34. The summed E-state index contributed by atoms with van der Waals surface area (Å²) in [7, 11) is 0. The zero-order valence-corrected chi connectivity index (χ0v) is 15.0. The van der Waals surface area contributed by atoms with E-state index in [1.807, 2.05) is 20.8 Å². The molecule has 5 atom stereocenters. The minimum Gasteiger partial charge on any atom is -0.462 e. The van der Waals surface area contributed by atoms with Gasteiger partial charge in [0.2, 0.25) is 5.78 Å². The number of ether oxygens (including phenoxy) is 1. The highest BCUT2D eigenvalue weighted by Gasteiger charge is 2.58. The zero-order chi connectivity index (χ0) is 17.8. The highest BCUT2D eigenvalue weighted by atomic mass is 16.5. The molecule has 0 amide bonds. The average molecular weight is 334 g/mol. The van der Waals surface area contributed by atoms with Crippen molar-refractivity contribution in [3.8, 4) is 0 Å². The lowest BCUT2D eigenvalue weighted by atomic mass is 9.53. The van der Waals surface area contributed by atoms with E-state index in [1.165, 1.54) is 0 Å². The van der Waals surface area contributed by atoms with Crippen molar-refractivity contribution in [1.82, 2.24) is 0 Å². The van der Waals surface area contributed by atoms with Gasteiger partial charge in [-0.05, 0) is 30.2 Å². The normalized spacial score (nSPS) is 35.5. The number of aryl methyl sites for hydroxylation is 1. The molecule has 0 aromatic carbocycles. The Morgan fingerprint density at radius 1 is 1.46 bits per heavy atom. The van der Waals surface area contributed by atoms with Crippen LogP contribution in [-0.2, 0) is 16.0 Å². The van der Waals surface area contributed by atoms with E-state index in [9.17, 15) is 14.7 Å². The Hall–Kier alpha value is -1.62. The Labute approximate surface area is 142 Å². The highest BCUT2D eigenvalue weighted by Crippen LogP contribution is 2.53. The molecule has 0 unspecified atom stereocenters. The lowest BCUT2D eigenvalue weighted by Gasteiger charge is -2.52. The predicted octanol–water partition coefficient (Wildman–Crippen LogP) is 2.92. The van der Waals surface area contributed by atoms with Crippen LogP contribution in [0.4, 0.5) is 0 Å². The van der Waals surface area contributed by atoms with Crippen molar-refractivity contribution in [3.05, 3.63) is 23.2 Å². The van der Waals surface area contributed by atoms with Gasteiger partial charge in [0.15, 0.2) is 5.76 Å². The number of ketones is 1. The molecule has 1 fully saturated rings. The number of fused-ring (bicyclic) bond motifs is 2. The van der Waals surface area contributed by atoms with Gasteiger partial charge in [0.1, 0.15) is 6.10 Å². The number of aliphatic hydroxyl groups excluding tert-OH is 1. The van der Waals surface area contributed by atoms with E-state index in [-0.39, 0.29) is 29.7 Å². The molecule has 1 aromatic rings. The molecule has 0 aliphatic heterocycles. The summed E-state index contributed by atoms with van der Waals surface area (Å²) in [6.45, 7) is 9.56. The summed E-state index contributed by atoms with van der Waals surface area (Å²) in [6, 6.07) is 0. The molecule has 1 saturated carbocycles. The summed E-state index contributed by atoms with van der Waals surface area (Å²) in [4.78, 5) is 24.9. The first-order chi connectivity index (χ1) is 11.2. The van der Waals surface area contributed by atoms with Crippen LogP contribution in [0.3, 0.4) is 0 Å². The molecule has 1 heterocycles. The topological polar surface area (TPSA) is 76.7 Å². The monoisotopic (exact) mass is 334 g/mol. The van der Waals surface area contributed by atoms with Gasteiger partial charge >= 0.3 is 5.97 Å². The maximum atomic E-state index is 12.9. The maximum Gasteiger partial charge on any atom is 0.308 e. The van der Waals surface area contributed by atoms with Crippen LogP contribution >= 0.6 is 0 Å². The molecule has 132 valence electrons. The fraction of sp³-hybridized carbons (Fsp3) is 0.684. The third-order valence-corrected chi connectivity index (χ3v) is 6.07. The number of aliphatic hydroxyl groups is 1. The number of carbonyl (C=O) groups excluding carboxylic acids is 2. The van der Waals surface area contributed by atoms with Gasteiger partial charge in [-0.15, -0.1) is 0 Å². The van der Waals surface area contributed by atoms with Crippen molar-refractivity contribution < 1.29 is 23.8 Å². The Morgan fingerprint density at radius 2 is 2.12 bits per heavy atom. The third-order valence-electron chi connectivity index (χ3n) is 6.07. The Bertz CT molecular complexity index is 673. The lowest BCUT2D eigenvalue weighted by Crippen LogP contribution is -2.58. The average Bonchev–Trinajstić information content (AvgIpc) is 2.85. The van der Waals surface area contributed by atoms with Crippen molar-refractivity contribution in [3.63, 3.8) is 0 Å². The van der Waals surface area contributed by atoms with E-state index >= 15 is 0 Å². The predicted molar refractivity (Wildman–Crippen MR) is 87.6 cm³/mol. The fourth-order valence-electron chi connectivity index (χ4n) is 4.32. The van der Waals surface area contributed by atoms with Crippen LogP contribution in [0, 0.1) is 30.1 Å². The molecule has 2 aliphatic rings. The van der Waals surface area contributed by atoms with Gasteiger partial charge in [0.25, 0.3) is 0 Å². The van der Waals surface area contributed by atoms with Crippen molar-refractivity contribution in [1.29, 1.82) is 0 Å². The molecule has 2 aliphatic carbocycles. The maximum absolute atomic E-state index is 12.9. The summed E-state index contributed by atoms with van der Waals surface area (Å²) >= 11 is 0. The van der Waals surface area contributed by atoms with Crippen molar-refractivity contribution >= 4 is 11.8 Å². The van der Waals surface area contributed by atoms with Gasteiger partial charge in [-0.2, -0.15) is 0 Å². The number of hydrogen-bond donors (Lipinski definition) is 1. The first kappa shape index (κ1) is 17.2. The van der Waals surface area contributed by atoms with Gasteiger partial charge in [-0.1, -0.05) is 27.7 Å². The third kappa shape index (κ3) is 2.41. The molecule has 0 radical (unpaired) electrons. The quantitative estimate of drug-likeness (QED) is 0.842. The van der Waals surface area contributed by atoms with Crippen LogP contribution in [0.1, 0.15) is 55.8 Å². The summed E-state index contributed by atoms with van der Waals surface area (Å²) in [5.74, 6) is -0.753. The number of rotatable bonds is 2. The molecular weight excluding hydrogens is 308 g/mol. The first-order valence-corrected chi connectivity index (χ1v) is 8.66. The summed E-state index contributed by atoms with van der Waals surface area (Å²) in [5, 5.41) is 10.7. The molecule has 24 heavy (non-hydrogen) atoms. The summed E-state index contributed by atoms with van der Waals surface area (Å²) in [5.41, 5.74) is 1.42. The first-order valence-electron chi connectivity index (χ1n) is 8.66. The molecule has 1 aromatic heterocycles. The smallest absolute Gasteiger partial charge is 0.308 e. The van der Waals surface area contributed by atoms with Crippen LogP contribution in [0.5, 0.6) is 0 Å². The molecule has 3 rings (SSSR count). The second-order valence-electron chi connectivity index (χ2n) is 7.97. The van der Waals surface area contributed by atoms with Crippen molar-refractivity contribution in [2.24, 2.45) is 23.2 Å². The minimum absolute atomic E-state index is 0.0278. The van der Waals surface area contributed by atoms with Crippen LogP contribution in [0.2, 0.25) is 0 Å². The largest absolute Gasteiger partial charge is 0.462 e. The molecule has 5 nitrogen and oxygen atoms in total. The Balaban J connectivity index is 1.96. The molecule has 5 heteroatoms. The van der Waals surface area contributed by atoms with Gasteiger partial charge in [0.05, 0.1) is 24.2 Å². The molecule has 0 saturated heterocycles. The Kier molecular flexibility index (Phi) is 4.11. The number of hydrogen-bond acceptors (Lipinski definition) is 5. The van der Waals surface area contributed by atoms with Gasteiger partial charge < -0.3 is 14.3 Å². The number of esters is 1. The molecule has 1 N–H and O–H groups in total. The van der Waals surface area contributed by atoms with Crippen molar-refractivity contribution in [2.75, 3.05) is 0 Å². The van der Waals surface area contributed by atoms with E-state index in [0.29, 0.717) is 18.6 Å². The lowest BCUT2D eigenvalue weighted by molar-refractivity contribution is -0.170. The van der Waals surface area contributed by atoms with Gasteiger partial charge in [-0.25, -0.2) is 0 Å². The molecule has 0 spiro atoms. The van der Waals surface area contributed by atoms with E-state index in [0.717, 1.165) is 11.1 Å². The van der Waals surface area contributed by atoms with E-state index in [1.54, 1.807) is 20.1 Å². The van der Waals surface area contributed by atoms with E-state index in [4.69, 9.17) is 9.15 Å². The SMILES string of the molecule is Cc1coc2c1C[C@@]1(C)[C@H](C2=O)[C@@H](O)C[C@@H](OC(=O)C(C)C)[C@@H]1C. The number of Topliss-reactive ketones (excluding diaryl/α,β-unsaturated/α-hetero) is 1.